The highest BCUT2D eigenvalue weighted by molar-refractivity contribution is 5.63. The molecule has 0 radical (unpaired) electrons. The Bertz CT molecular complexity index is 681. The number of unbranched alkanes of at least 4 members (excludes halogenated alkanes) is 4. The molecule has 2 atom stereocenters. The Kier molecular flexibility index (Phi) is 7.42. The van der Waals surface area contributed by atoms with Crippen molar-refractivity contribution in [2.75, 3.05) is 19.6 Å². The van der Waals surface area contributed by atoms with Crippen molar-refractivity contribution in [2.24, 2.45) is 5.92 Å². The molecule has 0 saturated carbocycles. The summed E-state index contributed by atoms with van der Waals surface area (Å²) in [5.74, 6) is 0.501. The van der Waals surface area contributed by atoms with Gasteiger partial charge < -0.3 is 0 Å². The minimum Gasteiger partial charge on any atom is -0.298 e. The van der Waals surface area contributed by atoms with E-state index in [0.29, 0.717) is 12.1 Å². The molecule has 1 fully saturated rings. The molecular weight excluding hydrogens is 335 g/mol. The molecule has 2 unspecified atom stereocenters. The lowest BCUT2D eigenvalue weighted by Crippen LogP contribution is -2.49. The molecule has 0 amide bonds. The van der Waals surface area contributed by atoms with Crippen LogP contribution in [0.3, 0.4) is 0 Å². The van der Waals surface area contributed by atoms with Gasteiger partial charge in [-0.25, -0.2) is 4.39 Å². The quantitative estimate of drug-likeness (QED) is 0.575. The van der Waals surface area contributed by atoms with E-state index in [4.69, 9.17) is 0 Å². The van der Waals surface area contributed by atoms with Crippen LogP contribution in [0.1, 0.15) is 57.7 Å². The van der Waals surface area contributed by atoms with E-state index in [1.807, 2.05) is 12.1 Å². The number of hydrogen-bond donors (Lipinski definition) is 1. The van der Waals surface area contributed by atoms with Crippen LogP contribution in [0.2, 0.25) is 0 Å². The molecule has 0 aliphatic carbocycles. The number of hydrogen-bond acceptors (Lipinski definition) is 2. The molecule has 1 N–H and O–H groups in total. The summed E-state index contributed by atoms with van der Waals surface area (Å²) in [5.41, 5.74) is 3.51. The first-order valence-electron chi connectivity index (χ1n) is 10.5. The van der Waals surface area contributed by atoms with E-state index in [2.05, 4.69) is 48.3 Å². The number of benzene rings is 2. The molecule has 2 aromatic carbocycles. The predicted octanol–water partition coefficient (Wildman–Crippen LogP) is 6.00. The first-order chi connectivity index (χ1) is 13.2. The molecule has 3 rings (SSSR count). The predicted molar refractivity (Wildman–Crippen MR) is 112 cm³/mol. The lowest BCUT2D eigenvalue weighted by Gasteiger charge is -2.40. The van der Waals surface area contributed by atoms with Gasteiger partial charge in [0.2, 0.25) is 0 Å². The molecule has 1 saturated heterocycles. The van der Waals surface area contributed by atoms with Gasteiger partial charge in [-0.3, -0.25) is 10.2 Å². The fourth-order valence-corrected chi connectivity index (χ4v) is 3.98. The van der Waals surface area contributed by atoms with Gasteiger partial charge in [0.25, 0.3) is 0 Å². The summed E-state index contributed by atoms with van der Waals surface area (Å²) in [6.45, 7) is 7.97. The minimum atomic E-state index is -0.189. The first-order valence-corrected chi connectivity index (χ1v) is 10.5. The Morgan fingerprint density at radius 3 is 2.22 bits per heavy atom. The second-order valence-electron chi connectivity index (χ2n) is 7.95. The Labute approximate surface area is 163 Å². The lowest BCUT2D eigenvalue weighted by atomic mass is 9.99. The van der Waals surface area contributed by atoms with E-state index in [9.17, 15) is 4.39 Å². The van der Waals surface area contributed by atoms with Crippen molar-refractivity contribution >= 4 is 0 Å². The zero-order chi connectivity index (χ0) is 19.1. The third-order valence-electron chi connectivity index (χ3n) is 5.52. The van der Waals surface area contributed by atoms with Crippen LogP contribution >= 0.6 is 0 Å². The maximum Gasteiger partial charge on any atom is 0.123 e. The maximum atomic E-state index is 13.1. The molecule has 2 aromatic rings. The molecular formula is C24H33FN2. The third kappa shape index (κ3) is 5.63. The topological polar surface area (TPSA) is 15.3 Å². The van der Waals surface area contributed by atoms with Crippen molar-refractivity contribution in [1.29, 1.82) is 0 Å². The number of rotatable bonds is 8. The van der Waals surface area contributed by atoms with E-state index in [-0.39, 0.29) is 5.82 Å². The van der Waals surface area contributed by atoms with Crippen molar-refractivity contribution in [3.8, 4) is 11.1 Å². The number of nitrogens with zero attached hydrogens (tertiary/aromatic N) is 1. The SMILES string of the molecule is CCCCCCCN1CC(C)CNC1c1ccc(-c2ccc(F)cc2)cc1. The first kappa shape index (κ1) is 20.0. The van der Waals surface area contributed by atoms with Crippen molar-refractivity contribution in [2.45, 2.75) is 52.1 Å². The van der Waals surface area contributed by atoms with Gasteiger partial charge in [-0.15, -0.1) is 0 Å². The molecule has 0 aromatic heterocycles. The van der Waals surface area contributed by atoms with Gasteiger partial charge in [-0.2, -0.15) is 0 Å². The van der Waals surface area contributed by atoms with Gasteiger partial charge in [-0.1, -0.05) is 75.9 Å². The van der Waals surface area contributed by atoms with Crippen molar-refractivity contribution in [3.63, 3.8) is 0 Å². The lowest BCUT2D eigenvalue weighted by molar-refractivity contribution is 0.0975. The summed E-state index contributed by atoms with van der Waals surface area (Å²) < 4.78 is 13.1. The monoisotopic (exact) mass is 368 g/mol. The van der Waals surface area contributed by atoms with Crippen molar-refractivity contribution in [3.05, 3.63) is 59.9 Å². The van der Waals surface area contributed by atoms with Gasteiger partial charge in [-0.05, 0) is 47.7 Å². The van der Waals surface area contributed by atoms with Crippen LogP contribution < -0.4 is 5.32 Å². The van der Waals surface area contributed by atoms with E-state index < -0.39 is 0 Å². The maximum absolute atomic E-state index is 13.1. The van der Waals surface area contributed by atoms with E-state index in [0.717, 1.165) is 30.8 Å². The van der Waals surface area contributed by atoms with Crippen LogP contribution in [0.5, 0.6) is 0 Å². The smallest absolute Gasteiger partial charge is 0.123 e. The average Bonchev–Trinajstić information content (AvgIpc) is 2.69. The fraction of sp³-hybridized carbons (Fsp3) is 0.500. The molecule has 27 heavy (non-hydrogen) atoms. The zero-order valence-electron chi connectivity index (χ0n) is 16.8. The Balaban J connectivity index is 1.65. The van der Waals surface area contributed by atoms with Crippen LogP contribution in [0.4, 0.5) is 4.39 Å². The van der Waals surface area contributed by atoms with E-state index in [1.54, 1.807) is 0 Å². The van der Waals surface area contributed by atoms with Crippen molar-refractivity contribution in [1.82, 2.24) is 10.2 Å². The fourth-order valence-electron chi connectivity index (χ4n) is 3.98. The second-order valence-corrected chi connectivity index (χ2v) is 7.95. The summed E-state index contributed by atoms with van der Waals surface area (Å²) >= 11 is 0. The van der Waals surface area contributed by atoms with Crippen LogP contribution in [-0.2, 0) is 0 Å². The Morgan fingerprint density at radius 1 is 0.926 bits per heavy atom. The molecule has 3 heteroatoms. The average molecular weight is 369 g/mol. The summed E-state index contributed by atoms with van der Waals surface area (Å²) in [4.78, 5) is 2.60. The van der Waals surface area contributed by atoms with E-state index in [1.165, 1.54) is 49.8 Å². The zero-order valence-corrected chi connectivity index (χ0v) is 16.8. The molecule has 1 aliphatic rings. The molecule has 0 bridgehead atoms. The standard InChI is InChI=1S/C24H33FN2/c1-3-4-5-6-7-16-27-18-19(2)17-26-24(27)22-10-8-20(9-11-22)21-12-14-23(25)15-13-21/h8-15,19,24,26H,3-7,16-18H2,1-2H3. The molecule has 1 aliphatic heterocycles. The normalized spacial score (nSPS) is 20.7. The van der Waals surface area contributed by atoms with E-state index >= 15 is 0 Å². The summed E-state index contributed by atoms with van der Waals surface area (Å²) in [5, 5.41) is 3.73. The largest absolute Gasteiger partial charge is 0.298 e. The molecule has 2 nitrogen and oxygen atoms in total. The molecule has 0 spiro atoms. The summed E-state index contributed by atoms with van der Waals surface area (Å²) in [6, 6.07) is 15.5. The Hall–Kier alpha value is -1.71. The van der Waals surface area contributed by atoms with Gasteiger partial charge in [0.05, 0.1) is 6.17 Å². The van der Waals surface area contributed by atoms with Gasteiger partial charge in [0.15, 0.2) is 0 Å². The highest BCUT2D eigenvalue weighted by Crippen LogP contribution is 2.27. The van der Waals surface area contributed by atoms with Gasteiger partial charge in [0.1, 0.15) is 5.82 Å². The summed E-state index contributed by atoms with van der Waals surface area (Å²) in [7, 11) is 0. The third-order valence-corrected chi connectivity index (χ3v) is 5.52. The minimum absolute atomic E-state index is 0.189. The van der Waals surface area contributed by atoms with Crippen LogP contribution in [0, 0.1) is 11.7 Å². The Morgan fingerprint density at radius 2 is 1.56 bits per heavy atom. The highest BCUT2D eigenvalue weighted by Gasteiger charge is 2.26. The van der Waals surface area contributed by atoms with Crippen molar-refractivity contribution < 1.29 is 4.39 Å². The highest BCUT2D eigenvalue weighted by atomic mass is 19.1. The number of nitrogens with one attached hydrogen (secondary N) is 1. The molecule has 1 heterocycles. The second kappa shape index (κ2) is 10.0. The number of halogens is 1. The van der Waals surface area contributed by atoms with Crippen LogP contribution in [-0.4, -0.2) is 24.5 Å². The molecule has 146 valence electrons. The van der Waals surface area contributed by atoms with Crippen LogP contribution in [0.25, 0.3) is 11.1 Å². The van der Waals surface area contributed by atoms with Crippen LogP contribution in [0.15, 0.2) is 48.5 Å². The van der Waals surface area contributed by atoms with Gasteiger partial charge in [0, 0.05) is 13.1 Å². The summed E-state index contributed by atoms with van der Waals surface area (Å²) in [6.07, 6.45) is 6.90. The van der Waals surface area contributed by atoms with Gasteiger partial charge >= 0.3 is 0 Å².